The lowest BCUT2D eigenvalue weighted by Gasteiger charge is -2.20. The van der Waals surface area contributed by atoms with Crippen LogP contribution in [0.15, 0.2) is 0 Å². The van der Waals surface area contributed by atoms with Gasteiger partial charge in [0.1, 0.15) is 0 Å². The molecule has 0 aromatic heterocycles. The minimum atomic E-state index is 0.270. The fourth-order valence-corrected chi connectivity index (χ4v) is 2.02. The zero-order valence-electron chi connectivity index (χ0n) is 9.70. The molecule has 86 valence electrons. The molecule has 2 fully saturated rings. The lowest BCUT2D eigenvalue weighted by Crippen LogP contribution is -2.39. The zero-order valence-corrected chi connectivity index (χ0v) is 9.70. The summed E-state index contributed by atoms with van der Waals surface area (Å²) in [5.74, 6) is 0.270. The van der Waals surface area contributed by atoms with Gasteiger partial charge in [-0.2, -0.15) is 0 Å². The van der Waals surface area contributed by atoms with Crippen LogP contribution in [0.25, 0.3) is 0 Å². The molecule has 2 rings (SSSR count). The van der Waals surface area contributed by atoms with E-state index in [0.717, 1.165) is 19.5 Å². The van der Waals surface area contributed by atoms with E-state index in [2.05, 4.69) is 24.3 Å². The van der Waals surface area contributed by atoms with Crippen LogP contribution in [0.2, 0.25) is 0 Å². The highest BCUT2D eigenvalue weighted by Gasteiger charge is 2.28. The maximum atomic E-state index is 11.8. The van der Waals surface area contributed by atoms with Crippen molar-refractivity contribution in [1.29, 1.82) is 0 Å². The van der Waals surface area contributed by atoms with Crippen molar-refractivity contribution in [3.05, 3.63) is 0 Å². The minimum Gasteiger partial charge on any atom is -0.340 e. The fourth-order valence-electron chi connectivity index (χ4n) is 2.02. The molecule has 1 heterocycles. The average Bonchev–Trinajstić information content (AvgIpc) is 2.88. The van der Waals surface area contributed by atoms with Crippen molar-refractivity contribution in [1.82, 2.24) is 15.1 Å². The Morgan fingerprint density at radius 2 is 2.13 bits per heavy atom. The molecule has 0 aromatic rings. The molecule has 1 amide bonds. The molecule has 2 aliphatic rings. The maximum Gasteiger partial charge on any atom is 0.236 e. The summed E-state index contributed by atoms with van der Waals surface area (Å²) in [6.07, 6.45) is 3.60. The van der Waals surface area contributed by atoms with Gasteiger partial charge in [0.15, 0.2) is 0 Å². The van der Waals surface area contributed by atoms with E-state index in [1.807, 2.05) is 4.90 Å². The van der Waals surface area contributed by atoms with Crippen molar-refractivity contribution in [3.8, 4) is 0 Å². The zero-order chi connectivity index (χ0) is 10.8. The number of rotatable bonds is 4. The van der Waals surface area contributed by atoms with E-state index in [0.29, 0.717) is 18.6 Å². The lowest BCUT2D eigenvalue weighted by molar-refractivity contribution is -0.129. The van der Waals surface area contributed by atoms with Crippen LogP contribution < -0.4 is 5.32 Å². The number of carbonyl (C=O) groups is 1. The van der Waals surface area contributed by atoms with Crippen LogP contribution in [-0.4, -0.2) is 61.5 Å². The first-order valence-electron chi connectivity index (χ1n) is 5.84. The standard InChI is InChI=1S/C11H21N3O/c1-13(2)10-5-6-14(8-10)11(15)7-12-9-3-4-9/h9-10,12H,3-8H2,1-2H3. The van der Waals surface area contributed by atoms with Gasteiger partial charge in [-0.25, -0.2) is 0 Å². The molecule has 4 nitrogen and oxygen atoms in total. The van der Waals surface area contributed by atoms with E-state index in [9.17, 15) is 4.79 Å². The first kappa shape index (κ1) is 10.9. The van der Waals surface area contributed by atoms with Crippen molar-refractivity contribution in [2.45, 2.75) is 31.3 Å². The number of carbonyl (C=O) groups excluding carboxylic acids is 1. The topological polar surface area (TPSA) is 35.6 Å². The summed E-state index contributed by atoms with van der Waals surface area (Å²) in [6.45, 7) is 2.36. The highest BCUT2D eigenvalue weighted by molar-refractivity contribution is 5.78. The number of nitrogens with one attached hydrogen (secondary N) is 1. The van der Waals surface area contributed by atoms with E-state index < -0.39 is 0 Å². The Bertz CT molecular complexity index is 238. The SMILES string of the molecule is CN(C)C1CCN(C(=O)CNC2CC2)C1. The van der Waals surface area contributed by atoms with Crippen molar-refractivity contribution >= 4 is 5.91 Å². The minimum absolute atomic E-state index is 0.270. The van der Waals surface area contributed by atoms with E-state index in [1.54, 1.807) is 0 Å². The van der Waals surface area contributed by atoms with Gasteiger partial charge in [-0.3, -0.25) is 4.79 Å². The normalized spacial score (nSPS) is 26.3. The fraction of sp³-hybridized carbons (Fsp3) is 0.909. The predicted octanol–water partition coefficient (Wildman–Crippen LogP) is -0.0991. The van der Waals surface area contributed by atoms with Crippen molar-refractivity contribution in [2.24, 2.45) is 0 Å². The molecule has 1 N–H and O–H groups in total. The van der Waals surface area contributed by atoms with E-state index >= 15 is 0 Å². The second-order valence-electron chi connectivity index (χ2n) is 4.90. The summed E-state index contributed by atoms with van der Waals surface area (Å²) in [7, 11) is 4.17. The van der Waals surface area contributed by atoms with Crippen molar-refractivity contribution in [3.63, 3.8) is 0 Å². The smallest absolute Gasteiger partial charge is 0.236 e. The highest BCUT2D eigenvalue weighted by atomic mass is 16.2. The molecule has 0 bridgehead atoms. The molecular weight excluding hydrogens is 190 g/mol. The lowest BCUT2D eigenvalue weighted by atomic mass is 10.2. The number of hydrogen-bond acceptors (Lipinski definition) is 3. The molecule has 0 aromatic carbocycles. The quantitative estimate of drug-likeness (QED) is 0.705. The molecule has 0 spiro atoms. The Kier molecular flexibility index (Phi) is 3.26. The van der Waals surface area contributed by atoms with Gasteiger partial charge in [0.2, 0.25) is 5.91 Å². The number of amides is 1. The molecule has 1 unspecified atom stereocenters. The summed E-state index contributed by atoms with van der Waals surface area (Å²) >= 11 is 0. The molecular formula is C11H21N3O. The number of likely N-dealkylation sites (N-methyl/N-ethyl adjacent to an activating group) is 1. The highest BCUT2D eigenvalue weighted by Crippen LogP contribution is 2.18. The molecule has 0 radical (unpaired) electrons. The Hall–Kier alpha value is -0.610. The predicted molar refractivity (Wildman–Crippen MR) is 59.7 cm³/mol. The number of nitrogens with zero attached hydrogens (tertiary/aromatic N) is 2. The Morgan fingerprint density at radius 1 is 1.40 bits per heavy atom. The van der Waals surface area contributed by atoms with Gasteiger partial charge in [-0.05, 0) is 33.4 Å². The molecule has 1 saturated heterocycles. The summed E-state index contributed by atoms with van der Waals surface area (Å²) in [6, 6.07) is 1.18. The molecule has 1 saturated carbocycles. The van der Waals surface area contributed by atoms with E-state index in [-0.39, 0.29) is 5.91 Å². The molecule has 1 aliphatic heterocycles. The number of hydrogen-bond donors (Lipinski definition) is 1. The summed E-state index contributed by atoms with van der Waals surface area (Å²) < 4.78 is 0. The van der Waals surface area contributed by atoms with Crippen LogP contribution in [-0.2, 0) is 4.79 Å². The largest absolute Gasteiger partial charge is 0.340 e. The van der Waals surface area contributed by atoms with Crippen molar-refractivity contribution in [2.75, 3.05) is 33.7 Å². The van der Waals surface area contributed by atoms with Gasteiger partial charge in [0.25, 0.3) is 0 Å². The molecule has 1 atom stereocenters. The number of likely N-dealkylation sites (tertiary alicyclic amines) is 1. The first-order chi connectivity index (χ1) is 7.16. The van der Waals surface area contributed by atoms with Crippen LogP contribution in [0, 0.1) is 0 Å². The summed E-state index contributed by atoms with van der Waals surface area (Å²) in [5, 5.41) is 3.27. The average molecular weight is 211 g/mol. The van der Waals surface area contributed by atoms with Crippen LogP contribution >= 0.6 is 0 Å². The van der Waals surface area contributed by atoms with Crippen molar-refractivity contribution < 1.29 is 4.79 Å². The van der Waals surface area contributed by atoms with Crippen LogP contribution in [0.4, 0.5) is 0 Å². The third-order valence-corrected chi connectivity index (χ3v) is 3.37. The van der Waals surface area contributed by atoms with Crippen LogP contribution in [0.5, 0.6) is 0 Å². The second-order valence-corrected chi connectivity index (χ2v) is 4.90. The second kappa shape index (κ2) is 4.49. The van der Waals surface area contributed by atoms with Gasteiger partial charge in [-0.15, -0.1) is 0 Å². The third-order valence-electron chi connectivity index (χ3n) is 3.37. The molecule has 1 aliphatic carbocycles. The van der Waals surface area contributed by atoms with Crippen LogP contribution in [0.3, 0.4) is 0 Å². The molecule has 4 heteroatoms. The Morgan fingerprint density at radius 3 is 2.67 bits per heavy atom. The Balaban J connectivity index is 1.71. The first-order valence-corrected chi connectivity index (χ1v) is 5.84. The molecule has 15 heavy (non-hydrogen) atoms. The van der Waals surface area contributed by atoms with E-state index in [1.165, 1.54) is 12.8 Å². The van der Waals surface area contributed by atoms with Gasteiger partial charge in [0.05, 0.1) is 6.54 Å². The van der Waals surface area contributed by atoms with E-state index in [4.69, 9.17) is 0 Å². The van der Waals surface area contributed by atoms with Gasteiger partial charge < -0.3 is 15.1 Å². The maximum absolute atomic E-state index is 11.8. The van der Waals surface area contributed by atoms with Gasteiger partial charge in [0, 0.05) is 25.2 Å². The van der Waals surface area contributed by atoms with Gasteiger partial charge >= 0.3 is 0 Å². The van der Waals surface area contributed by atoms with Crippen LogP contribution in [0.1, 0.15) is 19.3 Å². The summed E-state index contributed by atoms with van der Waals surface area (Å²) in [5.41, 5.74) is 0. The summed E-state index contributed by atoms with van der Waals surface area (Å²) in [4.78, 5) is 16.0. The Labute approximate surface area is 91.6 Å². The van der Waals surface area contributed by atoms with Gasteiger partial charge in [-0.1, -0.05) is 0 Å². The monoisotopic (exact) mass is 211 g/mol. The third kappa shape index (κ3) is 2.92.